The van der Waals surface area contributed by atoms with Gasteiger partial charge < -0.3 is 15.8 Å². The average molecular weight is 411 g/mol. The number of nitrogens with two attached hydrogens (primary N) is 1. The zero-order valence-corrected chi connectivity index (χ0v) is 19.0. The van der Waals surface area contributed by atoms with Gasteiger partial charge in [0.1, 0.15) is 5.75 Å². The first-order valence-corrected chi connectivity index (χ1v) is 10.3. The summed E-state index contributed by atoms with van der Waals surface area (Å²) in [5.74, 6) is -0.106. The molecule has 0 radical (unpaired) electrons. The van der Waals surface area contributed by atoms with Crippen LogP contribution in [0.25, 0.3) is 0 Å². The monoisotopic (exact) mass is 410 g/mol. The lowest BCUT2D eigenvalue weighted by Crippen LogP contribution is -2.21. The summed E-state index contributed by atoms with van der Waals surface area (Å²) in [5.41, 5.74) is 8.80. The summed E-state index contributed by atoms with van der Waals surface area (Å²) >= 11 is 0. The van der Waals surface area contributed by atoms with Gasteiger partial charge in [0.25, 0.3) is 5.91 Å². The van der Waals surface area contributed by atoms with Crippen LogP contribution in [0.4, 0.5) is 5.69 Å². The van der Waals surface area contributed by atoms with E-state index in [-0.39, 0.29) is 23.3 Å². The zero-order chi connectivity index (χ0) is 22.5. The molecule has 0 saturated carbocycles. The molecule has 0 saturated heterocycles. The van der Waals surface area contributed by atoms with Crippen molar-refractivity contribution >= 4 is 17.5 Å². The highest BCUT2D eigenvalue weighted by atomic mass is 16.5. The van der Waals surface area contributed by atoms with Crippen LogP contribution in [0.1, 0.15) is 63.0 Å². The molecule has 3 N–H and O–H groups in total. The molecule has 0 atom stereocenters. The Morgan fingerprint density at radius 3 is 2.20 bits per heavy atom. The summed E-state index contributed by atoms with van der Waals surface area (Å²) in [6.07, 6.45) is 1.82. The SMILES string of the molecule is CC(C)(C)Cc1ccc(OCC(=O)Nc2cccc(C(N)=O)c2)c(CC(C)(C)C)c1. The van der Waals surface area contributed by atoms with Crippen LogP contribution < -0.4 is 15.8 Å². The molecule has 0 aliphatic heterocycles. The number of primary amides is 1. The van der Waals surface area contributed by atoms with Gasteiger partial charge in [0.2, 0.25) is 5.91 Å². The smallest absolute Gasteiger partial charge is 0.262 e. The van der Waals surface area contributed by atoms with Crippen molar-refractivity contribution in [2.45, 2.75) is 54.4 Å². The normalized spacial score (nSPS) is 11.8. The maximum atomic E-state index is 12.4. The number of hydrogen-bond acceptors (Lipinski definition) is 3. The highest BCUT2D eigenvalue weighted by Gasteiger charge is 2.18. The first kappa shape index (κ1) is 23.5. The van der Waals surface area contributed by atoms with Crippen LogP contribution in [0.2, 0.25) is 0 Å². The van der Waals surface area contributed by atoms with E-state index in [4.69, 9.17) is 10.5 Å². The topological polar surface area (TPSA) is 81.4 Å². The lowest BCUT2D eigenvalue weighted by Gasteiger charge is -2.23. The molecular weight excluding hydrogens is 376 g/mol. The van der Waals surface area contributed by atoms with Gasteiger partial charge in [0.15, 0.2) is 6.61 Å². The summed E-state index contributed by atoms with van der Waals surface area (Å²) in [4.78, 5) is 23.7. The Kier molecular flexibility index (Phi) is 7.30. The third-order valence-corrected chi connectivity index (χ3v) is 4.37. The van der Waals surface area contributed by atoms with Crippen LogP contribution >= 0.6 is 0 Å². The molecule has 0 heterocycles. The third-order valence-electron chi connectivity index (χ3n) is 4.37. The van der Waals surface area contributed by atoms with Gasteiger partial charge in [-0.15, -0.1) is 0 Å². The molecule has 2 amide bonds. The Morgan fingerprint density at radius 2 is 1.60 bits per heavy atom. The summed E-state index contributed by atoms with van der Waals surface area (Å²) in [7, 11) is 0. The molecule has 0 aromatic heterocycles. The van der Waals surface area contributed by atoms with Gasteiger partial charge in [-0.25, -0.2) is 0 Å². The number of rotatable bonds is 7. The molecule has 5 heteroatoms. The minimum atomic E-state index is -0.537. The molecule has 0 bridgehead atoms. The fraction of sp³-hybridized carbons (Fsp3) is 0.440. The molecule has 0 spiro atoms. The second kappa shape index (κ2) is 9.33. The molecule has 0 unspecified atom stereocenters. The van der Waals surface area contributed by atoms with Crippen LogP contribution in [0.5, 0.6) is 5.75 Å². The Morgan fingerprint density at radius 1 is 0.933 bits per heavy atom. The van der Waals surface area contributed by atoms with Crippen molar-refractivity contribution < 1.29 is 14.3 Å². The van der Waals surface area contributed by atoms with Crippen LogP contribution in [0.3, 0.4) is 0 Å². The van der Waals surface area contributed by atoms with Crippen molar-refractivity contribution in [1.29, 1.82) is 0 Å². The van der Waals surface area contributed by atoms with Crippen molar-refractivity contribution in [2.24, 2.45) is 16.6 Å². The summed E-state index contributed by atoms with van der Waals surface area (Å²) in [6.45, 7) is 13.1. The highest BCUT2D eigenvalue weighted by Crippen LogP contribution is 2.30. The quantitative estimate of drug-likeness (QED) is 0.675. The molecule has 162 valence electrons. The maximum absolute atomic E-state index is 12.4. The Bertz CT molecular complexity index is 905. The number of hydrogen-bond donors (Lipinski definition) is 2. The van der Waals surface area contributed by atoms with E-state index in [0.717, 1.165) is 24.2 Å². The minimum Gasteiger partial charge on any atom is -0.483 e. The van der Waals surface area contributed by atoms with E-state index < -0.39 is 5.91 Å². The van der Waals surface area contributed by atoms with Crippen LogP contribution in [-0.4, -0.2) is 18.4 Å². The van der Waals surface area contributed by atoms with E-state index in [1.165, 1.54) is 5.56 Å². The summed E-state index contributed by atoms with van der Waals surface area (Å²) in [6, 6.07) is 12.8. The Hall–Kier alpha value is -2.82. The summed E-state index contributed by atoms with van der Waals surface area (Å²) < 4.78 is 5.88. The zero-order valence-electron chi connectivity index (χ0n) is 19.0. The lowest BCUT2D eigenvalue weighted by atomic mass is 9.84. The van der Waals surface area contributed by atoms with E-state index in [1.807, 2.05) is 6.07 Å². The molecule has 0 aliphatic rings. The molecule has 0 fully saturated rings. The number of anilines is 1. The van der Waals surface area contributed by atoms with Gasteiger partial charge in [-0.3, -0.25) is 9.59 Å². The fourth-order valence-electron chi connectivity index (χ4n) is 3.30. The number of benzene rings is 2. The molecule has 2 rings (SSSR count). The van der Waals surface area contributed by atoms with Crippen molar-refractivity contribution in [3.05, 3.63) is 59.2 Å². The van der Waals surface area contributed by atoms with Crippen molar-refractivity contribution in [3.63, 3.8) is 0 Å². The third kappa shape index (κ3) is 7.90. The molecular formula is C25H34N2O3. The number of amides is 2. The standard InChI is InChI=1S/C25H34N2O3/c1-24(2,3)14-17-10-11-21(19(12-17)15-25(4,5)6)30-16-22(28)27-20-9-7-8-18(13-20)23(26)29/h7-13H,14-16H2,1-6H3,(H2,26,29)(H,27,28). The van der Waals surface area contributed by atoms with Crippen LogP contribution in [-0.2, 0) is 17.6 Å². The predicted octanol–water partition coefficient (Wildman–Crippen LogP) is 4.98. The van der Waals surface area contributed by atoms with Gasteiger partial charge in [-0.05, 0) is 59.1 Å². The van der Waals surface area contributed by atoms with E-state index >= 15 is 0 Å². The summed E-state index contributed by atoms with van der Waals surface area (Å²) in [5, 5.41) is 2.75. The number of nitrogens with one attached hydrogen (secondary N) is 1. The first-order chi connectivity index (χ1) is 13.8. The van der Waals surface area contributed by atoms with Gasteiger partial charge >= 0.3 is 0 Å². The van der Waals surface area contributed by atoms with Gasteiger partial charge in [-0.2, -0.15) is 0 Å². The highest BCUT2D eigenvalue weighted by molar-refractivity contribution is 5.96. The van der Waals surface area contributed by atoms with Crippen molar-refractivity contribution in [3.8, 4) is 5.75 Å². The van der Waals surface area contributed by atoms with E-state index in [2.05, 4.69) is 59.0 Å². The number of carbonyl (C=O) groups is 2. The fourth-order valence-corrected chi connectivity index (χ4v) is 3.30. The Labute approximate surface area is 180 Å². The maximum Gasteiger partial charge on any atom is 0.262 e. The molecule has 0 aliphatic carbocycles. The molecule has 2 aromatic carbocycles. The van der Waals surface area contributed by atoms with Gasteiger partial charge in [0, 0.05) is 11.3 Å². The second-order valence-electron chi connectivity index (χ2n) is 10.2. The second-order valence-corrected chi connectivity index (χ2v) is 10.2. The average Bonchev–Trinajstić information content (AvgIpc) is 2.58. The van der Waals surface area contributed by atoms with Crippen molar-refractivity contribution in [2.75, 3.05) is 11.9 Å². The van der Waals surface area contributed by atoms with E-state index in [1.54, 1.807) is 24.3 Å². The minimum absolute atomic E-state index is 0.0932. The lowest BCUT2D eigenvalue weighted by molar-refractivity contribution is -0.118. The van der Waals surface area contributed by atoms with E-state index in [0.29, 0.717) is 11.3 Å². The Balaban J connectivity index is 2.11. The molecule has 2 aromatic rings. The predicted molar refractivity (Wildman–Crippen MR) is 122 cm³/mol. The van der Waals surface area contributed by atoms with Crippen LogP contribution in [0, 0.1) is 10.8 Å². The number of carbonyl (C=O) groups excluding carboxylic acids is 2. The van der Waals surface area contributed by atoms with Gasteiger partial charge in [-0.1, -0.05) is 59.7 Å². The number of ether oxygens (including phenoxy) is 1. The van der Waals surface area contributed by atoms with Crippen LogP contribution in [0.15, 0.2) is 42.5 Å². The first-order valence-electron chi connectivity index (χ1n) is 10.3. The molecule has 5 nitrogen and oxygen atoms in total. The van der Waals surface area contributed by atoms with Gasteiger partial charge in [0.05, 0.1) is 0 Å². The van der Waals surface area contributed by atoms with Crippen molar-refractivity contribution in [1.82, 2.24) is 0 Å². The molecule has 30 heavy (non-hydrogen) atoms. The van der Waals surface area contributed by atoms with E-state index in [9.17, 15) is 9.59 Å². The largest absolute Gasteiger partial charge is 0.483 e.